The maximum absolute atomic E-state index is 8.87. The van der Waals surface area contributed by atoms with Crippen molar-refractivity contribution in [2.75, 3.05) is 25.0 Å². The number of aromatic nitrogens is 3. The molecule has 0 radical (unpaired) electrons. The molecule has 7 nitrogen and oxygen atoms in total. The summed E-state index contributed by atoms with van der Waals surface area (Å²) in [5.41, 5.74) is 4.75. The van der Waals surface area contributed by atoms with Gasteiger partial charge in [-0.05, 0) is 49.6 Å². The van der Waals surface area contributed by atoms with Crippen LogP contribution in [-0.4, -0.2) is 40.7 Å². The van der Waals surface area contributed by atoms with Gasteiger partial charge >= 0.3 is 0 Å². The summed E-state index contributed by atoms with van der Waals surface area (Å²) in [6.45, 7) is 2.31. The molecule has 1 atom stereocenters. The van der Waals surface area contributed by atoms with Gasteiger partial charge in [-0.25, -0.2) is 15.0 Å². The van der Waals surface area contributed by atoms with E-state index in [1.54, 1.807) is 0 Å². The molecule has 1 saturated carbocycles. The van der Waals surface area contributed by atoms with Crippen LogP contribution in [0.15, 0.2) is 85.3 Å². The summed E-state index contributed by atoms with van der Waals surface area (Å²) in [5, 5.41) is 15.7. The van der Waals surface area contributed by atoms with Gasteiger partial charge in [0, 0.05) is 42.2 Å². The minimum absolute atomic E-state index is 0.0213. The smallest absolute Gasteiger partial charge is 0.237 e. The number of fused-ring (bicyclic) bond motifs is 1. The number of nitriles is 1. The van der Waals surface area contributed by atoms with Gasteiger partial charge in [-0.1, -0.05) is 48.5 Å². The molecule has 0 bridgehead atoms. The monoisotopic (exact) mass is 490 g/mol. The highest BCUT2D eigenvalue weighted by Gasteiger charge is 2.26. The number of hydrogen-bond acceptors (Lipinski definition) is 7. The summed E-state index contributed by atoms with van der Waals surface area (Å²) in [7, 11) is 0. The first-order chi connectivity index (χ1) is 18.3. The van der Waals surface area contributed by atoms with E-state index in [4.69, 9.17) is 10.00 Å². The van der Waals surface area contributed by atoms with Crippen molar-refractivity contribution in [1.82, 2.24) is 20.3 Å². The van der Waals surface area contributed by atoms with Crippen LogP contribution < -0.4 is 15.4 Å². The number of anilines is 1. The summed E-state index contributed by atoms with van der Waals surface area (Å²) >= 11 is 0. The molecule has 37 heavy (non-hydrogen) atoms. The quantitative estimate of drug-likeness (QED) is 0.353. The summed E-state index contributed by atoms with van der Waals surface area (Å²) in [5.74, 6) is 2.13. The third-order valence-electron chi connectivity index (χ3n) is 6.31. The molecule has 3 heterocycles. The van der Waals surface area contributed by atoms with E-state index in [2.05, 4.69) is 31.7 Å². The Morgan fingerprint density at radius 3 is 2.24 bits per heavy atom. The third kappa shape index (κ3) is 6.90. The molecular weight excluding hydrogens is 460 g/mol. The molecule has 0 amide bonds. The lowest BCUT2D eigenvalue weighted by Crippen LogP contribution is -2.40. The summed E-state index contributed by atoms with van der Waals surface area (Å²) < 4.78 is 6.06. The van der Waals surface area contributed by atoms with Gasteiger partial charge in [-0.2, -0.15) is 5.26 Å². The third-order valence-corrected chi connectivity index (χ3v) is 6.31. The highest BCUT2D eigenvalue weighted by Crippen LogP contribution is 2.38. The van der Waals surface area contributed by atoms with Crippen LogP contribution in [0.25, 0.3) is 11.1 Å². The first-order valence-corrected chi connectivity index (χ1v) is 12.7. The fourth-order valence-electron chi connectivity index (χ4n) is 4.03. The lowest BCUT2D eigenvalue weighted by Gasteiger charge is -2.27. The Balaban J connectivity index is 0.000000412. The first-order valence-electron chi connectivity index (χ1n) is 12.7. The fraction of sp³-hybridized carbons (Fsp3) is 0.267. The molecular formula is C30H30N6O. The molecule has 186 valence electrons. The SMILES string of the molecule is N#Cc1ccc(CCNC[C@@H]2CNc3cc(-c4cnc(C5CC5)nc4)cnc3O2)cc1.c1ccccc1. The first kappa shape index (κ1) is 24.4. The van der Waals surface area contributed by atoms with E-state index in [1.165, 1.54) is 18.4 Å². The van der Waals surface area contributed by atoms with Crippen molar-refractivity contribution in [3.05, 3.63) is 102 Å². The van der Waals surface area contributed by atoms with E-state index in [9.17, 15) is 0 Å². The standard InChI is InChI=1S/C24H24N6O.C6H6/c25-10-17-3-1-16(2-4-17)7-8-26-14-21-15-27-22-9-19(11-30-24(22)31-21)20-12-28-23(29-13-20)18-5-6-18;1-2-4-6-5-3-1/h1-4,9,11-13,18,21,26-27H,5-8,14-15H2;1-6H/t21-;/m1./s1. The molecule has 6 rings (SSSR count). The number of pyridine rings is 1. The van der Waals surface area contributed by atoms with E-state index in [-0.39, 0.29) is 6.10 Å². The minimum atomic E-state index is 0.0213. The Morgan fingerprint density at radius 2 is 1.59 bits per heavy atom. The number of nitrogens with zero attached hydrogens (tertiary/aromatic N) is 4. The van der Waals surface area contributed by atoms with Gasteiger partial charge in [-0.15, -0.1) is 0 Å². The molecule has 2 aromatic carbocycles. The molecule has 4 aromatic rings. The Morgan fingerprint density at radius 1 is 0.919 bits per heavy atom. The number of nitrogens with one attached hydrogen (secondary N) is 2. The summed E-state index contributed by atoms with van der Waals surface area (Å²) in [6.07, 6.45) is 8.91. The molecule has 2 aromatic heterocycles. The molecule has 2 aliphatic rings. The second-order valence-corrected chi connectivity index (χ2v) is 9.22. The molecule has 1 aliphatic carbocycles. The lowest BCUT2D eigenvalue weighted by atomic mass is 10.1. The van der Waals surface area contributed by atoms with Crippen LogP contribution in [0.4, 0.5) is 5.69 Å². The van der Waals surface area contributed by atoms with Gasteiger partial charge in [0.25, 0.3) is 0 Å². The van der Waals surface area contributed by atoms with Gasteiger partial charge in [0.1, 0.15) is 11.9 Å². The van der Waals surface area contributed by atoms with Crippen molar-refractivity contribution in [1.29, 1.82) is 5.26 Å². The maximum Gasteiger partial charge on any atom is 0.237 e. The van der Waals surface area contributed by atoms with Gasteiger partial charge in [-0.3, -0.25) is 0 Å². The second-order valence-electron chi connectivity index (χ2n) is 9.22. The highest BCUT2D eigenvalue weighted by molar-refractivity contribution is 5.69. The van der Waals surface area contributed by atoms with Crippen LogP contribution in [0.1, 0.15) is 35.7 Å². The van der Waals surface area contributed by atoms with Crippen molar-refractivity contribution < 1.29 is 4.74 Å². The zero-order valence-corrected chi connectivity index (χ0v) is 20.7. The van der Waals surface area contributed by atoms with Crippen LogP contribution in [0.3, 0.4) is 0 Å². The number of ether oxygens (including phenoxy) is 1. The van der Waals surface area contributed by atoms with E-state index in [0.29, 0.717) is 17.4 Å². The molecule has 0 unspecified atom stereocenters. The fourth-order valence-corrected chi connectivity index (χ4v) is 4.03. The number of hydrogen-bond donors (Lipinski definition) is 2. The molecule has 7 heteroatoms. The zero-order chi connectivity index (χ0) is 25.3. The summed E-state index contributed by atoms with van der Waals surface area (Å²) in [4.78, 5) is 13.5. The minimum Gasteiger partial charge on any atom is -0.470 e. The Hall–Kier alpha value is -4.28. The predicted octanol–water partition coefficient (Wildman–Crippen LogP) is 4.98. The number of benzene rings is 2. The molecule has 1 fully saturated rings. The number of rotatable bonds is 7. The Kier molecular flexibility index (Phi) is 7.99. The van der Waals surface area contributed by atoms with E-state index in [0.717, 1.165) is 48.7 Å². The predicted molar refractivity (Wildman–Crippen MR) is 144 cm³/mol. The Labute approximate surface area is 217 Å². The average molecular weight is 491 g/mol. The van der Waals surface area contributed by atoms with Crippen molar-refractivity contribution in [3.8, 4) is 23.1 Å². The van der Waals surface area contributed by atoms with Crippen LogP contribution >= 0.6 is 0 Å². The van der Waals surface area contributed by atoms with Crippen LogP contribution in [0.2, 0.25) is 0 Å². The molecule has 2 N–H and O–H groups in total. The van der Waals surface area contributed by atoms with Crippen molar-refractivity contribution in [2.45, 2.75) is 31.3 Å². The maximum atomic E-state index is 8.87. The van der Waals surface area contributed by atoms with Gasteiger partial charge in [0.15, 0.2) is 0 Å². The topological polar surface area (TPSA) is 95.8 Å². The second kappa shape index (κ2) is 12.1. The Bertz CT molecular complexity index is 1290. The zero-order valence-electron chi connectivity index (χ0n) is 20.7. The van der Waals surface area contributed by atoms with Crippen LogP contribution in [0, 0.1) is 11.3 Å². The lowest BCUT2D eigenvalue weighted by molar-refractivity contribution is 0.194. The van der Waals surface area contributed by atoms with Gasteiger partial charge in [0.05, 0.1) is 23.9 Å². The van der Waals surface area contributed by atoms with Gasteiger partial charge < -0.3 is 15.4 Å². The average Bonchev–Trinajstić information content (AvgIpc) is 3.83. The van der Waals surface area contributed by atoms with E-state index >= 15 is 0 Å². The van der Waals surface area contributed by atoms with E-state index in [1.807, 2.05) is 85.3 Å². The molecule has 0 spiro atoms. The van der Waals surface area contributed by atoms with Crippen molar-refractivity contribution >= 4 is 5.69 Å². The normalized spacial score (nSPS) is 15.7. The van der Waals surface area contributed by atoms with E-state index < -0.39 is 0 Å². The molecule has 1 aliphatic heterocycles. The van der Waals surface area contributed by atoms with Crippen molar-refractivity contribution in [2.24, 2.45) is 0 Å². The van der Waals surface area contributed by atoms with Crippen LogP contribution in [-0.2, 0) is 6.42 Å². The largest absolute Gasteiger partial charge is 0.470 e. The van der Waals surface area contributed by atoms with Crippen molar-refractivity contribution in [3.63, 3.8) is 0 Å². The summed E-state index contributed by atoms with van der Waals surface area (Å²) in [6, 6.07) is 23.9. The molecule has 0 saturated heterocycles. The van der Waals surface area contributed by atoms with Gasteiger partial charge in [0.2, 0.25) is 5.88 Å². The van der Waals surface area contributed by atoms with Crippen LogP contribution in [0.5, 0.6) is 5.88 Å². The highest BCUT2D eigenvalue weighted by atomic mass is 16.5.